The van der Waals surface area contributed by atoms with Crippen LogP contribution in [0.3, 0.4) is 0 Å². The van der Waals surface area contributed by atoms with Crippen molar-refractivity contribution in [3.8, 4) is 5.75 Å². The van der Waals surface area contributed by atoms with Crippen molar-refractivity contribution in [2.24, 2.45) is 5.92 Å². The van der Waals surface area contributed by atoms with Crippen molar-refractivity contribution in [3.63, 3.8) is 0 Å². The second-order valence-corrected chi connectivity index (χ2v) is 7.83. The van der Waals surface area contributed by atoms with Gasteiger partial charge in [0, 0.05) is 6.08 Å². The molecule has 1 atom stereocenters. The van der Waals surface area contributed by atoms with E-state index in [9.17, 15) is 9.59 Å². The Morgan fingerprint density at radius 2 is 1.59 bits per heavy atom. The van der Waals surface area contributed by atoms with Gasteiger partial charge < -0.3 is 19.3 Å². The van der Waals surface area contributed by atoms with Gasteiger partial charge in [0.15, 0.2) is 0 Å². The molecule has 0 aliphatic rings. The van der Waals surface area contributed by atoms with Gasteiger partial charge >= 0.3 is 11.9 Å². The molecule has 6 nitrogen and oxygen atoms in total. The summed E-state index contributed by atoms with van der Waals surface area (Å²) >= 11 is 0. The number of carbonyl (C=O) groups is 2. The van der Waals surface area contributed by atoms with Crippen LogP contribution in [0.4, 0.5) is 0 Å². The molecule has 0 saturated heterocycles. The molecule has 0 aliphatic heterocycles. The van der Waals surface area contributed by atoms with Crippen LogP contribution in [0.5, 0.6) is 5.75 Å². The van der Waals surface area contributed by atoms with E-state index in [2.05, 4.69) is 27.0 Å². The number of carboxylic acids is 1. The zero-order chi connectivity index (χ0) is 24.2. The number of carboxylic acid groups (broad SMARTS) is 1. The summed E-state index contributed by atoms with van der Waals surface area (Å²) in [6.07, 6.45) is 8.03. The topological polar surface area (TPSA) is 82.1 Å². The molecule has 1 aromatic rings. The lowest BCUT2D eigenvalue weighted by Gasteiger charge is -2.13. The number of hydrogen-bond acceptors (Lipinski definition) is 5. The van der Waals surface area contributed by atoms with Crippen LogP contribution in [-0.2, 0) is 19.1 Å². The standard InChI is InChI=1S/C13H16O4.C13H24O2/c1-10(13(14)15)11(2)16-8-9-17-12-6-4-3-5-7-12;1-4-13(14)15-11-9-7-5-6-8-10-12(2)3/h3-7,11H,1,8-9H2,2H3,(H,14,15);4,12H,1,5-11H2,2-3H3. The molecular weight excluding hydrogens is 408 g/mol. The first-order valence-corrected chi connectivity index (χ1v) is 11.3. The van der Waals surface area contributed by atoms with E-state index in [0.29, 0.717) is 19.8 Å². The van der Waals surface area contributed by atoms with E-state index in [0.717, 1.165) is 24.5 Å². The van der Waals surface area contributed by atoms with Crippen LogP contribution in [-0.4, -0.2) is 43.0 Å². The Bertz CT molecular complexity index is 654. The zero-order valence-corrected chi connectivity index (χ0v) is 19.9. The Balaban J connectivity index is 0.000000607. The number of benzene rings is 1. The molecule has 0 radical (unpaired) electrons. The molecule has 1 unspecified atom stereocenters. The number of carbonyl (C=O) groups excluding carboxylic acids is 1. The van der Waals surface area contributed by atoms with E-state index in [1.807, 2.05) is 30.3 Å². The molecule has 0 saturated carbocycles. The van der Waals surface area contributed by atoms with Crippen LogP contribution < -0.4 is 4.74 Å². The Kier molecular flexibility index (Phi) is 17.6. The molecule has 1 aromatic carbocycles. The van der Waals surface area contributed by atoms with Crippen molar-refractivity contribution < 1.29 is 28.9 Å². The lowest BCUT2D eigenvalue weighted by Crippen LogP contribution is -2.20. The summed E-state index contributed by atoms with van der Waals surface area (Å²) in [5.41, 5.74) is 0.0460. The van der Waals surface area contributed by atoms with E-state index in [-0.39, 0.29) is 11.5 Å². The van der Waals surface area contributed by atoms with Crippen LogP contribution in [0.1, 0.15) is 59.3 Å². The Morgan fingerprint density at radius 3 is 2.19 bits per heavy atom. The smallest absolute Gasteiger partial charge is 0.333 e. The van der Waals surface area contributed by atoms with E-state index >= 15 is 0 Å². The van der Waals surface area contributed by atoms with Gasteiger partial charge in [-0.15, -0.1) is 0 Å². The van der Waals surface area contributed by atoms with Gasteiger partial charge in [0.05, 0.1) is 24.9 Å². The average molecular weight is 449 g/mol. The molecule has 0 spiro atoms. The number of hydrogen-bond donors (Lipinski definition) is 1. The summed E-state index contributed by atoms with van der Waals surface area (Å²) in [5, 5.41) is 8.68. The highest BCUT2D eigenvalue weighted by Gasteiger charge is 2.13. The fraction of sp³-hybridized carbons (Fsp3) is 0.538. The van der Waals surface area contributed by atoms with Gasteiger partial charge in [-0.25, -0.2) is 9.59 Å². The van der Waals surface area contributed by atoms with Gasteiger partial charge in [0.1, 0.15) is 12.4 Å². The van der Waals surface area contributed by atoms with E-state index in [1.54, 1.807) is 6.92 Å². The van der Waals surface area contributed by atoms with Crippen LogP contribution in [0, 0.1) is 5.92 Å². The maximum Gasteiger partial charge on any atom is 0.333 e. The highest BCUT2D eigenvalue weighted by molar-refractivity contribution is 5.86. The van der Waals surface area contributed by atoms with Crippen molar-refractivity contribution >= 4 is 11.9 Å². The normalized spacial score (nSPS) is 11.1. The van der Waals surface area contributed by atoms with Gasteiger partial charge in [-0.3, -0.25) is 0 Å². The van der Waals surface area contributed by atoms with Crippen LogP contribution in [0.15, 0.2) is 55.1 Å². The maximum absolute atomic E-state index is 10.7. The third-order valence-electron chi connectivity index (χ3n) is 4.57. The molecule has 0 bridgehead atoms. The lowest BCUT2D eigenvalue weighted by molar-refractivity contribution is -0.138. The fourth-order valence-electron chi connectivity index (χ4n) is 2.59. The molecule has 6 heteroatoms. The minimum Gasteiger partial charge on any atom is -0.491 e. The molecule has 0 heterocycles. The molecule has 1 N–H and O–H groups in total. The predicted octanol–water partition coefficient (Wildman–Crippen LogP) is 5.82. The molecule has 1 rings (SSSR count). The van der Waals surface area contributed by atoms with Gasteiger partial charge in [-0.1, -0.05) is 77.3 Å². The first kappa shape index (κ1) is 29.4. The molecule has 0 fully saturated rings. The Morgan fingerprint density at radius 1 is 0.969 bits per heavy atom. The third kappa shape index (κ3) is 17.1. The quantitative estimate of drug-likeness (QED) is 0.195. The van der Waals surface area contributed by atoms with Crippen molar-refractivity contribution in [2.75, 3.05) is 19.8 Å². The fourth-order valence-corrected chi connectivity index (χ4v) is 2.59. The molecule has 0 aliphatic carbocycles. The predicted molar refractivity (Wildman–Crippen MR) is 128 cm³/mol. The summed E-state index contributed by atoms with van der Waals surface area (Å²) in [5.74, 6) is 0.232. The summed E-state index contributed by atoms with van der Waals surface area (Å²) in [6.45, 7) is 14.2. The van der Waals surface area contributed by atoms with Crippen LogP contribution in [0.25, 0.3) is 0 Å². The Labute approximate surface area is 193 Å². The van der Waals surface area contributed by atoms with Gasteiger partial charge in [0.25, 0.3) is 0 Å². The van der Waals surface area contributed by atoms with Crippen molar-refractivity contribution in [1.82, 2.24) is 0 Å². The highest BCUT2D eigenvalue weighted by atomic mass is 16.5. The molecule has 180 valence electrons. The number of rotatable bonds is 16. The van der Waals surface area contributed by atoms with Crippen LogP contribution >= 0.6 is 0 Å². The summed E-state index contributed by atoms with van der Waals surface area (Å²) in [4.78, 5) is 21.3. The summed E-state index contributed by atoms with van der Waals surface area (Å²) in [6, 6.07) is 9.36. The monoisotopic (exact) mass is 448 g/mol. The number of unbranched alkanes of at least 4 members (excludes halogenated alkanes) is 4. The maximum atomic E-state index is 10.7. The summed E-state index contributed by atoms with van der Waals surface area (Å²) < 4.78 is 15.6. The van der Waals surface area contributed by atoms with Crippen LogP contribution in [0.2, 0.25) is 0 Å². The number of ether oxygens (including phenoxy) is 3. The van der Waals surface area contributed by atoms with E-state index in [1.165, 1.54) is 31.8 Å². The summed E-state index contributed by atoms with van der Waals surface area (Å²) in [7, 11) is 0. The van der Waals surface area contributed by atoms with Gasteiger partial charge in [-0.2, -0.15) is 0 Å². The highest BCUT2D eigenvalue weighted by Crippen LogP contribution is 2.11. The number of esters is 1. The average Bonchev–Trinajstić information content (AvgIpc) is 2.78. The number of aliphatic carboxylic acids is 1. The second kappa shape index (κ2) is 19.1. The lowest BCUT2D eigenvalue weighted by atomic mass is 10.0. The number of para-hydroxylation sites is 1. The molecule has 0 amide bonds. The van der Waals surface area contributed by atoms with E-state index in [4.69, 9.17) is 19.3 Å². The third-order valence-corrected chi connectivity index (χ3v) is 4.57. The second-order valence-electron chi connectivity index (χ2n) is 7.83. The minimum atomic E-state index is -1.04. The minimum absolute atomic E-state index is 0.0460. The largest absolute Gasteiger partial charge is 0.491 e. The van der Waals surface area contributed by atoms with Gasteiger partial charge in [-0.05, 0) is 31.4 Å². The van der Waals surface area contributed by atoms with Crippen molar-refractivity contribution in [1.29, 1.82) is 0 Å². The van der Waals surface area contributed by atoms with Gasteiger partial charge in [0.2, 0.25) is 0 Å². The van der Waals surface area contributed by atoms with E-state index < -0.39 is 12.1 Å². The SMILES string of the molecule is C=C(C(=O)O)C(C)OCCOc1ccccc1.C=CC(=O)OCCCCCCCC(C)C. The first-order valence-electron chi connectivity index (χ1n) is 11.3. The van der Waals surface area contributed by atoms with Crippen molar-refractivity contribution in [2.45, 2.75) is 65.4 Å². The first-order chi connectivity index (χ1) is 15.3. The molecule has 0 aromatic heterocycles. The zero-order valence-electron chi connectivity index (χ0n) is 19.9. The molecular formula is C26H40O6. The Hall–Kier alpha value is -2.60. The molecule has 32 heavy (non-hydrogen) atoms. The van der Waals surface area contributed by atoms with Crippen molar-refractivity contribution in [3.05, 3.63) is 55.1 Å².